The molecule has 1 fully saturated rings. The first-order valence-corrected chi connectivity index (χ1v) is 7.65. The zero-order valence-corrected chi connectivity index (χ0v) is 11.7. The van der Waals surface area contributed by atoms with Crippen LogP contribution in [-0.4, -0.2) is 17.0 Å². The summed E-state index contributed by atoms with van der Waals surface area (Å²) in [5.41, 5.74) is 3.47. The number of rotatable bonds is 4. The van der Waals surface area contributed by atoms with Crippen LogP contribution in [0.25, 0.3) is 0 Å². The molecule has 2 nitrogen and oxygen atoms in total. The summed E-state index contributed by atoms with van der Waals surface area (Å²) in [6.45, 7) is 0. The van der Waals surface area contributed by atoms with Crippen molar-refractivity contribution in [2.75, 3.05) is 5.75 Å². The Kier molecular flexibility index (Phi) is 5.30. The Morgan fingerprint density at radius 1 is 1.50 bits per heavy atom. The van der Waals surface area contributed by atoms with Gasteiger partial charge in [0.25, 0.3) is 0 Å². The molecule has 1 heterocycles. The van der Waals surface area contributed by atoms with Gasteiger partial charge in [0, 0.05) is 11.3 Å². The highest BCUT2D eigenvalue weighted by molar-refractivity contribution is 8.00. The van der Waals surface area contributed by atoms with Crippen LogP contribution in [0.2, 0.25) is 5.02 Å². The van der Waals surface area contributed by atoms with Crippen molar-refractivity contribution in [1.29, 1.82) is 0 Å². The first-order chi connectivity index (χ1) is 8.72. The summed E-state index contributed by atoms with van der Waals surface area (Å²) in [4.78, 5) is 0. The molecule has 2 unspecified atom stereocenters. The number of halogens is 2. The Labute approximate surface area is 116 Å². The summed E-state index contributed by atoms with van der Waals surface area (Å²) in [6, 6.07) is 5.23. The fourth-order valence-corrected chi connectivity index (χ4v) is 3.93. The van der Waals surface area contributed by atoms with Crippen molar-refractivity contribution in [1.82, 2.24) is 5.43 Å². The van der Waals surface area contributed by atoms with Gasteiger partial charge in [-0.2, -0.15) is 11.8 Å². The molecule has 0 aliphatic carbocycles. The maximum atomic E-state index is 13.9. The standard InChI is InChI=1S/C13H18ClFN2S/c14-10-5-3-4-9(13(10)15)8-11(17-16)12-6-1-2-7-18-12/h3-5,11-12,17H,1-2,6-8,16H2. The second kappa shape index (κ2) is 6.75. The Morgan fingerprint density at radius 3 is 3.00 bits per heavy atom. The van der Waals surface area contributed by atoms with Gasteiger partial charge in [0.2, 0.25) is 0 Å². The van der Waals surface area contributed by atoms with E-state index in [9.17, 15) is 4.39 Å². The van der Waals surface area contributed by atoms with Crippen molar-refractivity contribution in [3.63, 3.8) is 0 Å². The zero-order valence-electron chi connectivity index (χ0n) is 10.2. The van der Waals surface area contributed by atoms with Gasteiger partial charge in [0.05, 0.1) is 5.02 Å². The predicted octanol–water partition coefficient (Wildman–Crippen LogP) is 3.14. The van der Waals surface area contributed by atoms with Crippen LogP contribution >= 0.6 is 23.4 Å². The largest absolute Gasteiger partial charge is 0.271 e. The number of hydrazine groups is 1. The third-order valence-corrected chi connectivity index (χ3v) is 5.16. The molecule has 1 aliphatic rings. The highest BCUT2D eigenvalue weighted by atomic mass is 35.5. The molecule has 0 amide bonds. The summed E-state index contributed by atoms with van der Waals surface area (Å²) in [5.74, 6) is 6.47. The number of hydrogen-bond donors (Lipinski definition) is 2. The summed E-state index contributed by atoms with van der Waals surface area (Å²) >= 11 is 7.72. The van der Waals surface area contributed by atoms with Gasteiger partial charge in [-0.05, 0) is 36.6 Å². The third-order valence-electron chi connectivity index (χ3n) is 3.35. The van der Waals surface area contributed by atoms with Gasteiger partial charge in [0.15, 0.2) is 0 Å². The molecule has 1 aromatic rings. The van der Waals surface area contributed by atoms with Crippen LogP contribution < -0.4 is 11.3 Å². The number of nitrogens with two attached hydrogens (primary N) is 1. The molecule has 0 saturated carbocycles. The summed E-state index contributed by atoms with van der Waals surface area (Å²) in [7, 11) is 0. The van der Waals surface area contributed by atoms with E-state index in [1.165, 1.54) is 18.6 Å². The van der Waals surface area contributed by atoms with Crippen LogP contribution in [0.4, 0.5) is 4.39 Å². The SMILES string of the molecule is NNC(Cc1cccc(Cl)c1F)C1CCCCS1. The lowest BCUT2D eigenvalue weighted by atomic mass is 9.99. The number of nitrogens with one attached hydrogen (secondary N) is 1. The first-order valence-electron chi connectivity index (χ1n) is 6.23. The van der Waals surface area contributed by atoms with Gasteiger partial charge in [-0.25, -0.2) is 4.39 Å². The Balaban J connectivity index is 2.07. The smallest absolute Gasteiger partial charge is 0.145 e. The van der Waals surface area contributed by atoms with Gasteiger partial charge in [-0.1, -0.05) is 30.2 Å². The minimum Gasteiger partial charge on any atom is -0.271 e. The van der Waals surface area contributed by atoms with Crippen LogP contribution in [0.1, 0.15) is 24.8 Å². The van der Waals surface area contributed by atoms with E-state index in [-0.39, 0.29) is 16.9 Å². The Bertz CT molecular complexity index is 397. The second-order valence-corrected chi connectivity index (χ2v) is 6.35. The predicted molar refractivity (Wildman–Crippen MR) is 76.3 cm³/mol. The molecular formula is C13H18ClFN2S. The van der Waals surface area contributed by atoms with Crippen molar-refractivity contribution in [3.8, 4) is 0 Å². The molecule has 0 aromatic heterocycles. The van der Waals surface area contributed by atoms with Crippen molar-refractivity contribution >= 4 is 23.4 Å². The van der Waals surface area contributed by atoms with E-state index in [4.69, 9.17) is 17.4 Å². The maximum absolute atomic E-state index is 13.9. The molecule has 18 heavy (non-hydrogen) atoms. The van der Waals surface area contributed by atoms with Crippen molar-refractivity contribution < 1.29 is 4.39 Å². The van der Waals surface area contributed by atoms with Crippen LogP contribution in [0, 0.1) is 5.82 Å². The van der Waals surface area contributed by atoms with E-state index in [2.05, 4.69) is 5.43 Å². The molecule has 2 atom stereocenters. The molecule has 0 bridgehead atoms. The van der Waals surface area contributed by atoms with Crippen LogP contribution in [0.5, 0.6) is 0 Å². The summed E-state index contributed by atoms with van der Waals surface area (Å²) < 4.78 is 13.9. The average Bonchev–Trinajstić information content (AvgIpc) is 2.41. The number of hydrogen-bond acceptors (Lipinski definition) is 3. The minimum atomic E-state index is -0.319. The molecule has 2 rings (SSSR count). The quantitative estimate of drug-likeness (QED) is 0.660. The van der Waals surface area contributed by atoms with Gasteiger partial charge >= 0.3 is 0 Å². The fraction of sp³-hybridized carbons (Fsp3) is 0.538. The molecule has 1 saturated heterocycles. The Hall–Kier alpha value is -0.290. The first kappa shape index (κ1) is 14.1. The third kappa shape index (κ3) is 3.38. The van der Waals surface area contributed by atoms with Gasteiger partial charge < -0.3 is 0 Å². The topological polar surface area (TPSA) is 38.0 Å². The number of benzene rings is 1. The lowest BCUT2D eigenvalue weighted by Gasteiger charge is -2.29. The van der Waals surface area contributed by atoms with Crippen molar-refractivity contribution in [2.45, 2.75) is 37.0 Å². The molecule has 100 valence electrons. The molecule has 0 spiro atoms. The van der Waals surface area contributed by atoms with Gasteiger partial charge in [-0.3, -0.25) is 11.3 Å². The molecule has 1 aliphatic heterocycles. The van der Waals surface area contributed by atoms with Crippen LogP contribution in [0.3, 0.4) is 0 Å². The highest BCUT2D eigenvalue weighted by Crippen LogP contribution is 2.29. The summed E-state index contributed by atoms with van der Waals surface area (Å²) in [5, 5.41) is 0.640. The van der Waals surface area contributed by atoms with Crippen LogP contribution in [-0.2, 0) is 6.42 Å². The zero-order chi connectivity index (χ0) is 13.0. The van der Waals surface area contributed by atoms with Gasteiger partial charge in [0.1, 0.15) is 5.82 Å². The average molecular weight is 289 g/mol. The maximum Gasteiger partial charge on any atom is 0.145 e. The molecule has 0 radical (unpaired) electrons. The van der Waals surface area contributed by atoms with E-state index in [0.29, 0.717) is 17.2 Å². The van der Waals surface area contributed by atoms with E-state index in [0.717, 1.165) is 6.42 Å². The Morgan fingerprint density at radius 2 is 2.33 bits per heavy atom. The van der Waals surface area contributed by atoms with E-state index >= 15 is 0 Å². The second-order valence-electron chi connectivity index (χ2n) is 4.60. The number of thioether (sulfide) groups is 1. The monoisotopic (exact) mass is 288 g/mol. The van der Waals surface area contributed by atoms with Crippen LogP contribution in [0.15, 0.2) is 18.2 Å². The highest BCUT2D eigenvalue weighted by Gasteiger charge is 2.24. The van der Waals surface area contributed by atoms with E-state index in [1.54, 1.807) is 18.2 Å². The van der Waals surface area contributed by atoms with E-state index in [1.807, 2.05) is 11.8 Å². The van der Waals surface area contributed by atoms with Crippen molar-refractivity contribution in [2.24, 2.45) is 5.84 Å². The van der Waals surface area contributed by atoms with Crippen molar-refractivity contribution in [3.05, 3.63) is 34.6 Å². The molecular weight excluding hydrogens is 271 g/mol. The normalized spacial score (nSPS) is 21.8. The lowest BCUT2D eigenvalue weighted by molar-refractivity contribution is 0.463. The van der Waals surface area contributed by atoms with E-state index < -0.39 is 0 Å². The van der Waals surface area contributed by atoms with Gasteiger partial charge in [-0.15, -0.1) is 0 Å². The summed E-state index contributed by atoms with van der Waals surface area (Å²) in [6.07, 6.45) is 4.22. The lowest BCUT2D eigenvalue weighted by Crippen LogP contribution is -2.45. The fourth-order valence-electron chi connectivity index (χ4n) is 2.32. The molecule has 5 heteroatoms. The minimum absolute atomic E-state index is 0.100. The molecule has 3 N–H and O–H groups in total. The molecule has 1 aromatic carbocycles.